The Kier molecular flexibility index (Phi) is 4.60. The zero-order valence-electron chi connectivity index (χ0n) is 12.1. The van der Waals surface area contributed by atoms with Gasteiger partial charge in [-0.15, -0.1) is 0 Å². The van der Waals surface area contributed by atoms with E-state index in [0.717, 1.165) is 41.9 Å². The molecule has 2 unspecified atom stereocenters. The molecule has 1 aliphatic rings. The summed E-state index contributed by atoms with van der Waals surface area (Å²) >= 11 is 3.52. The zero-order chi connectivity index (χ0) is 14.7. The lowest BCUT2D eigenvalue weighted by atomic mass is 10.0. The SMILES string of the molecule is CCC(NC1CCCOc2cc(Br)ccc21)c1ncc[nH]1. The second-order valence-electron chi connectivity index (χ2n) is 5.33. The van der Waals surface area contributed by atoms with Crippen LogP contribution in [0.4, 0.5) is 0 Å². The number of imidazole rings is 1. The van der Waals surface area contributed by atoms with Crippen LogP contribution in [0.15, 0.2) is 35.1 Å². The third kappa shape index (κ3) is 3.30. The summed E-state index contributed by atoms with van der Waals surface area (Å²) in [5.41, 5.74) is 1.24. The topological polar surface area (TPSA) is 49.9 Å². The summed E-state index contributed by atoms with van der Waals surface area (Å²) in [6, 6.07) is 6.82. The van der Waals surface area contributed by atoms with Gasteiger partial charge in [-0.3, -0.25) is 0 Å². The molecule has 2 aromatic rings. The van der Waals surface area contributed by atoms with Gasteiger partial charge in [-0.05, 0) is 31.4 Å². The molecule has 2 N–H and O–H groups in total. The van der Waals surface area contributed by atoms with Gasteiger partial charge in [0.05, 0.1) is 12.6 Å². The van der Waals surface area contributed by atoms with E-state index in [9.17, 15) is 0 Å². The molecule has 0 radical (unpaired) electrons. The maximum atomic E-state index is 5.87. The fraction of sp³-hybridized carbons (Fsp3) is 0.438. The lowest BCUT2D eigenvalue weighted by Crippen LogP contribution is -2.26. The third-order valence-electron chi connectivity index (χ3n) is 3.91. The van der Waals surface area contributed by atoms with E-state index in [1.54, 1.807) is 6.20 Å². The normalized spacial score (nSPS) is 19.4. The van der Waals surface area contributed by atoms with E-state index in [-0.39, 0.29) is 6.04 Å². The molecule has 0 saturated heterocycles. The molecule has 2 atom stereocenters. The Labute approximate surface area is 133 Å². The number of nitrogens with zero attached hydrogens (tertiary/aromatic N) is 1. The van der Waals surface area contributed by atoms with Crippen molar-refractivity contribution in [3.63, 3.8) is 0 Å². The first-order valence-corrected chi connectivity index (χ1v) is 8.24. The van der Waals surface area contributed by atoms with Crippen LogP contribution in [0.2, 0.25) is 0 Å². The number of ether oxygens (including phenoxy) is 1. The van der Waals surface area contributed by atoms with Crippen molar-refractivity contribution in [2.75, 3.05) is 6.61 Å². The molecular formula is C16H20BrN3O. The van der Waals surface area contributed by atoms with E-state index in [0.29, 0.717) is 6.04 Å². The first-order valence-electron chi connectivity index (χ1n) is 7.45. The molecule has 0 saturated carbocycles. The van der Waals surface area contributed by atoms with Crippen LogP contribution in [0.1, 0.15) is 49.7 Å². The number of benzene rings is 1. The highest BCUT2D eigenvalue weighted by atomic mass is 79.9. The van der Waals surface area contributed by atoms with Crippen LogP contribution >= 0.6 is 15.9 Å². The number of rotatable bonds is 4. The molecule has 0 amide bonds. The molecular weight excluding hydrogens is 330 g/mol. The van der Waals surface area contributed by atoms with Gasteiger partial charge in [0, 0.05) is 28.5 Å². The summed E-state index contributed by atoms with van der Waals surface area (Å²) in [5, 5.41) is 3.73. The van der Waals surface area contributed by atoms with Crippen LogP contribution in [0.5, 0.6) is 5.75 Å². The number of halogens is 1. The molecule has 21 heavy (non-hydrogen) atoms. The van der Waals surface area contributed by atoms with Gasteiger partial charge in [-0.25, -0.2) is 4.98 Å². The zero-order valence-corrected chi connectivity index (χ0v) is 13.7. The third-order valence-corrected chi connectivity index (χ3v) is 4.40. The van der Waals surface area contributed by atoms with Gasteiger partial charge in [0.25, 0.3) is 0 Å². The van der Waals surface area contributed by atoms with Gasteiger partial charge in [0.1, 0.15) is 11.6 Å². The molecule has 1 aromatic heterocycles. The fourth-order valence-corrected chi connectivity index (χ4v) is 3.16. The van der Waals surface area contributed by atoms with Crippen molar-refractivity contribution in [1.29, 1.82) is 0 Å². The molecule has 1 aromatic carbocycles. The predicted octanol–water partition coefficient (Wildman–Crippen LogP) is 4.13. The first-order chi connectivity index (χ1) is 10.3. The maximum absolute atomic E-state index is 5.87. The maximum Gasteiger partial charge on any atom is 0.125 e. The molecule has 5 heteroatoms. The Morgan fingerprint density at radius 1 is 1.52 bits per heavy atom. The Bertz CT molecular complexity index is 585. The van der Waals surface area contributed by atoms with E-state index in [1.165, 1.54) is 5.56 Å². The van der Waals surface area contributed by atoms with Gasteiger partial charge in [-0.2, -0.15) is 0 Å². The number of H-pyrrole nitrogens is 1. The van der Waals surface area contributed by atoms with Crippen LogP contribution in [-0.4, -0.2) is 16.6 Å². The highest BCUT2D eigenvalue weighted by Gasteiger charge is 2.23. The van der Waals surface area contributed by atoms with Crippen molar-refractivity contribution in [1.82, 2.24) is 15.3 Å². The number of fused-ring (bicyclic) bond motifs is 1. The summed E-state index contributed by atoms with van der Waals surface area (Å²) in [4.78, 5) is 7.60. The van der Waals surface area contributed by atoms with E-state index in [4.69, 9.17) is 4.74 Å². The minimum absolute atomic E-state index is 0.236. The average molecular weight is 350 g/mol. The number of hydrogen-bond donors (Lipinski definition) is 2. The van der Waals surface area contributed by atoms with Crippen molar-refractivity contribution < 1.29 is 4.74 Å². The van der Waals surface area contributed by atoms with Gasteiger partial charge in [0.2, 0.25) is 0 Å². The second kappa shape index (κ2) is 6.62. The van der Waals surface area contributed by atoms with Crippen LogP contribution in [-0.2, 0) is 0 Å². The number of nitrogens with one attached hydrogen (secondary N) is 2. The Morgan fingerprint density at radius 2 is 2.43 bits per heavy atom. The monoisotopic (exact) mass is 349 g/mol. The van der Waals surface area contributed by atoms with Crippen molar-refractivity contribution in [2.24, 2.45) is 0 Å². The largest absolute Gasteiger partial charge is 0.493 e. The van der Waals surface area contributed by atoms with Crippen molar-refractivity contribution in [2.45, 2.75) is 38.3 Å². The molecule has 4 nitrogen and oxygen atoms in total. The molecule has 0 fully saturated rings. The minimum atomic E-state index is 0.236. The Balaban J connectivity index is 1.85. The lowest BCUT2D eigenvalue weighted by molar-refractivity contribution is 0.313. The number of hydrogen-bond acceptors (Lipinski definition) is 3. The highest BCUT2D eigenvalue weighted by Crippen LogP contribution is 2.35. The molecule has 0 spiro atoms. The standard InChI is InChI=1S/C16H20BrN3O/c1-2-13(16-18-7-8-19-16)20-14-4-3-9-21-15-10-11(17)5-6-12(14)15/h5-8,10,13-14,20H,2-4,9H2,1H3,(H,18,19). The van der Waals surface area contributed by atoms with E-state index in [2.05, 4.69) is 56.3 Å². The van der Waals surface area contributed by atoms with Gasteiger partial charge in [0.15, 0.2) is 0 Å². The fourth-order valence-electron chi connectivity index (χ4n) is 2.82. The summed E-state index contributed by atoms with van der Waals surface area (Å²) in [5.74, 6) is 1.98. The number of aromatic amines is 1. The Morgan fingerprint density at radius 3 is 3.19 bits per heavy atom. The van der Waals surface area contributed by atoms with E-state index in [1.807, 2.05) is 6.20 Å². The number of aromatic nitrogens is 2. The van der Waals surface area contributed by atoms with E-state index < -0.39 is 0 Å². The summed E-state index contributed by atoms with van der Waals surface area (Å²) in [6.07, 6.45) is 6.81. The van der Waals surface area contributed by atoms with Crippen molar-refractivity contribution in [3.8, 4) is 5.75 Å². The smallest absolute Gasteiger partial charge is 0.125 e. The van der Waals surface area contributed by atoms with Crippen LogP contribution < -0.4 is 10.1 Å². The minimum Gasteiger partial charge on any atom is -0.493 e. The quantitative estimate of drug-likeness (QED) is 0.872. The van der Waals surface area contributed by atoms with E-state index >= 15 is 0 Å². The lowest BCUT2D eigenvalue weighted by Gasteiger charge is -2.24. The summed E-state index contributed by atoms with van der Waals surface area (Å²) in [7, 11) is 0. The van der Waals surface area contributed by atoms with Gasteiger partial charge in [-0.1, -0.05) is 28.9 Å². The molecule has 2 heterocycles. The van der Waals surface area contributed by atoms with Crippen molar-refractivity contribution >= 4 is 15.9 Å². The van der Waals surface area contributed by atoms with Gasteiger partial charge >= 0.3 is 0 Å². The predicted molar refractivity (Wildman–Crippen MR) is 86.4 cm³/mol. The summed E-state index contributed by atoms with van der Waals surface area (Å²) < 4.78 is 6.93. The second-order valence-corrected chi connectivity index (χ2v) is 6.24. The van der Waals surface area contributed by atoms with Crippen LogP contribution in [0, 0.1) is 0 Å². The molecule has 3 rings (SSSR count). The average Bonchev–Trinajstić information content (AvgIpc) is 2.94. The molecule has 0 bridgehead atoms. The van der Waals surface area contributed by atoms with Crippen LogP contribution in [0.25, 0.3) is 0 Å². The first kappa shape index (κ1) is 14.6. The molecule has 0 aliphatic carbocycles. The van der Waals surface area contributed by atoms with Gasteiger partial charge < -0.3 is 15.0 Å². The molecule has 1 aliphatic heterocycles. The summed E-state index contributed by atoms with van der Waals surface area (Å²) in [6.45, 7) is 2.95. The highest BCUT2D eigenvalue weighted by molar-refractivity contribution is 9.10. The van der Waals surface area contributed by atoms with Crippen LogP contribution in [0.3, 0.4) is 0 Å². The van der Waals surface area contributed by atoms with Crippen molar-refractivity contribution in [3.05, 3.63) is 46.5 Å². The molecule has 112 valence electrons. The Hall–Kier alpha value is -1.33.